The third kappa shape index (κ3) is 3.83. The summed E-state index contributed by atoms with van der Waals surface area (Å²) in [6, 6.07) is 13.4. The highest BCUT2D eigenvalue weighted by molar-refractivity contribution is 5.90. The lowest BCUT2D eigenvalue weighted by atomic mass is 9.87. The number of urea groups is 1. The fourth-order valence-corrected chi connectivity index (χ4v) is 3.45. The van der Waals surface area contributed by atoms with Crippen LogP contribution >= 0.6 is 0 Å². The second-order valence-corrected chi connectivity index (χ2v) is 6.26. The van der Waals surface area contributed by atoms with Crippen LogP contribution in [0, 0.1) is 10.1 Å². The predicted molar refractivity (Wildman–Crippen MR) is 98.0 cm³/mol. The zero-order valence-corrected chi connectivity index (χ0v) is 14.3. The number of aryl methyl sites for hydroxylation is 1. The molecule has 1 atom stereocenters. The lowest BCUT2D eigenvalue weighted by molar-refractivity contribution is -0.384. The molecule has 2 amide bonds. The van der Waals surface area contributed by atoms with Crippen molar-refractivity contribution in [2.45, 2.75) is 25.3 Å². The summed E-state index contributed by atoms with van der Waals surface area (Å²) in [4.78, 5) is 24.8. The van der Waals surface area contributed by atoms with Crippen molar-refractivity contribution < 1.29 is 14.8 Å². The topological polar surface area (TPSA) is 95.7 Å². The van der Waals surface area contributed by atoms with E-state index in [1.54, 1.807) is 11.0 Å². The molecule has 136 valence electrons. The summed E-state index contributed by atoms with van der Waals surface area (Å²) in [6.07, 6.45) is 2.76. The molecule has 0 heterocycles. The summed E-state index contributed by atoms with van der Waals surface area (Å²) >= 11 is 0. The maximum atomic E-state index is 12.8. The summed E-state index contributed by atoms with van der Waals surface area (Å²) in [5.74, 6) is 0. The molecule has 26 heavy (non-hydrogen) atoms. The molecule has 0 fully saturated rings. The second-order valence-electron chi connectivity index (χ2n) is 6.26. The molecule has 0 unspecified atom stereocenters. The molecule has 2 aromatic carbocycles. The summed E-state index contributed by atoms with van der Waals surface area (Å²) in [5, 5.41) is 23.1. The SMILES string of the molecule is O=C(Nc1cccc([N+](=O)[O-])c1)N(CCO)[C@H]1CCCc2ccccc21. The van der Waals surface area contributed by atoms with Crippen LogP contribution in [0.25, 0.3) is 0 Å². The number of anilines is 1. The van der Waals surface area contributed by atoms with Gasteiger partial charge in [0.2, 0.25) is 0 Å². The van der Waals surface area contributed by atoms with Gasteiger partial charge < -0.3 is 15.3 Å². The van der Waals surface area contributed by atoms with Gasteiger partial charge in [-0.05, 0) is 36.5 Å². The Labute approximate surface area is 151 Å². The van der Waals surface area contributed by atoms with Crippen molar-refractivity contribution in [3.05, 3.63) is 69.8 Å². The average molecular weight is 355 g/mol. The molecule has 1 aliphatic carbocycles. The molecule has 1 aliphatic rings. The Bertz CT molecular complexity index is 809. The van der Waals surface area contributed by atoms with Crippen molar-refractivity contribution in [3.63, 3.8) is 0 Å². The van der Waals surface area contributed by atoms with Gasteiger partial charge in [0.05, 0.1) is 17.6 Å². The van der Waals surface area contributed by atoms with Gasteiger partial charge in [0.25, 0.3) is 5.69 Å². The van der Waals surface area contributed by atoms with Crippen LogP contribution in [0.3, 0.4) is 0 Å². The molecule has 3 rings (SSSR count). The Balaban J connectivity index is 1.83. The number of non-ortho nitro benzene ring substituents is 1. The van der Waals surface area contributed by atoms with Crippen LogP contribution in [0.1, 0.15) is 30.0 Å². The number of nitro benzene ring substituents is 1. The van der Waals surface area contributed by atoms with Crippen LogP contribution in [0.2, 0.25) is 0 Å². The molecule has 0 aromatic heterocycles. The van der Waals surface area contributed by atoms with E-state index in [0.717, 1.165) is 24.8 Å². The second kappa shape index (κ2) is 7.97. The third-order valence-electron chi connectivity index (χ3n) is 4.62. The number of carbonyl (C=O) groups is 1. The number of hydrogen-bond acceptors (Lipinski definition) is 4. The fraction of sp³-hybridized carbons (Fsp3) is 0.316. The number of aliphatic hydroxyl groups is 1. The molecule has 7 heteroatoms. The van der Waals surface area contributed by atoms with Gasteiger partial charge >= 0.3 is 6.03 Å². The zero-order chi connectivity index (χ0) is 18.5. The monoisotopic (exact) mass is 355 g/mol. The Morgan fingerprint density at radius 1 is 1.27 bits per heavy atom. The van der Waals surface area contributed by atoms with Gasteiger partial charge in [-0.25, -0.2) is 4.79 Å². The van der Waals surface area contributed by atoms with Crippen LogP contribution in [0.15, 0.2) is 48.5 Å². The minimum atomic E-state index is -0.501. The molecular weight excluding hydrogens is 334 g/mol. The Morgan fingerprint density at radius 3 is 2.85 bits per heavy atom. The number of carbonyl (C=O) groups excluding carboxylic acids is 1. The smallest absolute Gasteiger partial charge is 0.322 e. The van der Waals surface area contributed by atoms with E-state index >= 15 is 0 Å². The van der Waals surface area contributed by atoms with Crippen molar-refractivity contribution in [3.8, 4) is 0 Å². The maximum absolute atomic E-state index is 12.8. The van der Waals surface area contributed by atoms with Crippen molar-refractivity contribution in [2.75, 3.05) is 18.5 Å². The number of amides is 2. The first-order valence-corrected chi connectivity index (χ1v) is 8.61. The number of nitro groups is 1. The van der Waals surface area contributed by atoms with E-state index in [9.17, 15) is 20.0 Å². The normalized spacial score (nSPS) is 15.8. The number of aliphatic hydroxyl groups excluding tert-OH is 1. The number of fused-ring (bicyclic) bond motifs is 1. The largest absolute Gasteiger partial charge is 0.395 e. The first-order valence-electron chi connectivity index (χ1n) is 8.61. The minimum Gasteiger partial charge on any atom is -0.395 e. The highest BCUT2D eigenvalue weighted by Crippen LogP contribution is 2.34. The van der Waals surface area contributed by atoms with Gasteiger partial charge in [-0.3, -0.25) is 10.1 Å². The van der Waals surface area contributed by atoms with Crippen molar-refractivity contribution >= 4 is 17.4 Å². The summed E-state index contributed by atoms with van der Waals surface area (Å²) in [6.45, 7) is 0.0424. The van der Waals surface area contributed by atoms with Gasteiger partial charge in [-0.2, -0.15) is 0 Å². The van der Waals surface area contributed by atoms with Crippen LogP contribution in [0.5, 0.6) is 0 Å². The predicted octanol–water partition coefficient (Wildman–Crippen LogP) is 3.50. The summed E-state index contributed by atoms with van der Waals surface area (Å²) in [7, 11) is 0. The van der Waals surface area contributed by atoms with Gasteiger partial charge in [0, 0.05) is 24.4 Å². The zero-order valence-electron chi connectivity index (χ0n) is 14.3. The molecule has 7 nitrogen and oxygen atoms in total. The number of nitrogens with zero attached hydrogens (tertiary/aromatic N) is 2. The lowest BCUT2D eigenvalue weighted by Crippen LogP contribution is -2.41. The number of nitrogens with one attached hydrogen (secondary N) is 1. The van der Waals surface area contributed by atoms with Gasteiger partial charge in [0.1, 0.15) is 0 Å². The maximum Gasteiger partial charge on any atom is 0.322 e. The average Bonchev–Trinajstić information content (AvgIpc) is 2.66. The Hall–Kier alpha value is -2.93. The fourth-order valence-electron chi connectivity index (χ4n) is 3.45. The van der Waals surface area contributed by atoms with Crippen molar-refractivity contribution in [1.29, 1.82) is 0 Å². The van der Waals surface area contributed by atoms with Gasteiger partial charge in [0.15, 0.2) is 0 Å². The van der Waals surface area contributed by atoms with Crippen LogP contribution < -0.4 is 5.32 Å². The van der Waals surface area contributed by atoms with E-state index in [1.165, 1.54) is 23.8 Å². The van der Waals surface area contributed by atoms with Crippen molar-refractivity contribution in [2.24, 2.45) is 0 Å². The van der Waals surface area contributed by atoms with Crippen molar-refractivity contribution in [1.82, 2.24) is 4.90 Å². The lowest BCUT2D eigenvalue weighted by Gasteiger charge is -2.35. The van der Waals surface area contributed by atoms with E-state index in [4.69, 9.17) is 0 Å². The van der Waals surface area contributed by atoms with E-state index < -0.39 is 4.92 Å². The standard InChI is InChI=1S/C19H21N3O4/c23-12-11-21(18-10-3-6-14-5-1-2-9-17(14)18)19(24)20-15-7-4-8-16(13-15)22(25)26/h1-2,4-5,7-9,13,18,23H,3,6,10-12H2,(H,20,24)/t18-/m0/s1. The van der Waals surface area contributed by atoms with Crippen LogP contribution in [-0.4, -0.2) is 34.1 Å². The van der Waals surface area contributed by atoms with E-state index in [2.05, 4.69) is 11.4 Å². The Morgan fingerprint density at radius 2 is 2.08 bits per heavy atom. The highest BCUT2D eigenvalue weighted by atomic mass is 16.6. The van der Waals surface area contributed by atoms with E-state index in [1.807, 2.05) is 18.2 Å². The quantitative estimate of drug-likeness (QED) is 0.634. The Kier molecular flexibility index (Phi) is 5.48. The molecule has 0 bridgehead atoms. The molecule has 0 saturated carbocycles. The van der Waals surface area contributed by atoms with E-state index in [-0.39, 0.29) is 30.9 Å². The number of hydrogen-bond donors (Lipinski definition) is 2. The van der Waals surface area contributed by atoms with Gasteiger partial charge in [-0.15, -0.1) is 0 Å². The third-order valence-corrected chi connectivity index (χ3v) is 4.62. The molecular formula is C19H21N3O4. The molecule has 0 aliphatic heterocycles. The van der Waals surface area contributed by atoms with Gasteiger partial charge in [-0.1, -0.05) is 30.3 Å². The van der Waals surface area contributed by atoms with Crippen LogP contribution in [-0.2, 0) is 6.42 Å². The van der Waals surface area contributed by atoms with Crippen LogP contribution in [0.4, 0.5) is 16.2 Å². The summed E-state index contributed by atoms with van der Waals surface area (Å²) < 4.78 is 0. The number of rotatable bonds is 5. The first kappa shape index (κ1) is 17.9. The molecule has 0 radical (unpaired) electrons. The summed E-state index contributed by atoms with van der Waals surface area (Å²) in [5.41, 5.74) is 2.59. The minimum absolute atomic E-state index is 0.0838. The number of benzene rings is 2. The molecule has 2 N–H and O–H groups in total. The molecule has 0 spiro atoms. The first-order chi connectivity index (χ1) is 12.6. The highest BCUT2D eigenvalue weighted by Gasteiger charge is 2.29. The van der Waals surface area contributed by atoms with E-state index in [0.29, 0.717) is 5.69 Å². The molecule has 2 aromatic rings. The molecule has 0 saturated heterocycles.